The minimum absolute atomic E-state index is 0.0156. The SMILES string of the molecule is CC(C1CC1)N(C)S(=O)(=O)N(C)CCCO. The van der Waals surface area contributed by atoms with Crippen molar-refractivity contribution in [2.24, 2.45) is 5.92 Å². The average molecular weight is 250 g/mol. The summed E-state index contributed by atoms with van der Waals surface area (Å²) in [7, 11) is -0.171. The second-order valence-corrected chi connectivity index (χ2v) is 6.60. The predicted octanol–water partition coefficient (Wildman–Crippen LogP) is 0.276. The van der Waals surface area contributed by atoms with E-state index >= 15 is 0 Å². The highest BCUT2D eigenvalue weighted by Gasteiger charge is 2.36. The van der Waals surface area contributed by atoms with Gasteiger partial charge in [-0.3, -0.25) is 0 Å². The van der Waals surface area contributed by atoms with Crippen LogP contribution in [0.2, 0.25) is 0 Å². The minimum atomic E-state index is -3.36. The molecule has 6 heteroatoms. The molecular formula is C10H22N2O3S. The summed E-state index contributed by atoms with van der Waals surface area (Å²) < 4.78 is 26.9. The highest BCUT2D eigenvalue weighted by atomic mass is 32.2. The zero-order valence-corrected chi connectivity index (χ0v) is 11.1. The van der Waals surface area contributed by atoms with E-state index in [1.165, 1.54) is 8.61 Å². The first-order valence-corrected chi connectivity index (χ1v) is 7.11. The van der Waals surface area contributed by atoms with Crippen molar-refractivity contribution in [3.8, 4) is 0 Å². The molecule has 0 aromatic rings. The van der Waals surface area contributed by atoms with Crippen molar-refractivity contribution in [3.05, 3.63) is 0 Å². The summed E-state index contributed by atoms with van der Waals surface area (Å²) in [5.41, 5.74) is 0. The standard InChI is InChI=1S/C10H22N2O3S/c1-9(10-5-6-10)12(3)16(14,15)11(2)7-4-8-13/h9-10,13H,4-8H2,1-3H3. The lowest BCUT2D eigenvalue weighted by atomic mass is 10.2. The molecule has 0 heterocycles. The maximum Gasteiger partial charge on any atom is 0.281 e. The van der Waals surface area contributed by atoms with E-state index in [4.69, 9.17) is 5.11 Å². The predicted molar refractivity (Wildman–Crippen MR) is 63.2 cm³/mol. The first-order valence-electron chi connectivity index (χ1n) is 5.71. The van der Waals surface area contributed by atoms with Gasteiger partial charge in [-0.15, -0.1) is 0 Å². The number of hydrogen-bond acceptors (Lipinski definition) is 3. The third kappa shape index (κ3) is 3.16. The molecule has 1 N–H and O–H groups in total. The molecule has 1 rings (SSSR count). The molecule has 1 atom stereocenters. The van der Waals surface area contributed by atoms with Crippen LogP contribution >= 0.6 is 0 Å². The smallest absolute Gasteiger partial charge is 0.281 e. The zero-order chi connectivity index (χ0) is 12.3. The zero-order valence-electron chi connectivity index (χ0n) is 10.3. The number of aliphatic hydroxyl groups is 1. The van der Waals surface area contributed by atoms with E-state index < -0.39 is 10.2 Å². The van der Waals surface area contributed by atoms with Gasteiger partial charge in [0.1, 0.15) is 0 Å². The molecule has 0 aliphatic heterocycles. The fourth-order valence-electron chi connectivity index (χ4n) is 1.71. The van der Waals surface area contributed by atoms with Gasteiger partial charge in [0.2, 0.25) is 0 Å². The van der Waals surface area contributed by atoms with Crippen LogP contribution in [-0.4, -0.2) is 55.4 Å². The molecular weight excluding hydrogens is 228 g/mol. The quantitative estimate of drug-likeness (QED) is 0.706. The van der Waals surface area contributed by atoms with Crippen molar-refractivity contribution in [1.29, 1.82) is 0 Å². The number of nitrogens with zero attached hydrogens (tertiary/aromatic N) is 2. The Labute approximate surface area is 98.2 Å². The summed E-state index contributed by atoms with van der Waals surface area (Å²) in [5, 5.41) is 8.69. The first-order chi connectivity index (χ1) is 7.41. The fourth-order valence-corrected chi connectivity index (χ4v) is 3.11. The largest absolute Gasteiger partial charge is 0.396 e. The Morgan fingerprint density at radius 3 is 2.38 bits per heavy atom. The molecule has 1 aliphatic carbocycles. The molecule has 1 fully saturated rings. The Morgan fingerprint density at radius 1 is 1.38 bits per heavy atom. The van der Waals surface area contributed by atoms with Crippen molar-refractivity contribution in [1.82, 2.24) is 8.61 Å². The van der Waals surface area contributed by atoms with Crippen molar-refractivity contribution in [3.63, 3.8) is 0 Å². The van der Waals surface area contributed by atoms with E-state index in [1.807, 2.05) is 6.92 Å². The average Bonchev–Trinajstić information content (AvgIpc) is 3.07. The van der Waals surface area contributed by atoms with Gasteiger partial charge in [-0.2, -0.15) is 17.0 Å². The third-order valence-electron chi connectivity index (χ3n) is 3.27. The van der Waals surface area contributed by atoms with Crippen LogP contribution in [0, 0.1) is 5.92 Å². The molecule has 1 aliphatic rings. The summed E-state index contributed by atoms with van der Waals surface area (Å²) in [5.74, 6) is 0.519. The fraction of sp³-hybridized carbons (Fsp3) is 1.00. The number of rotatable bonds is 7. The van der Waals surface area contributed by atoms with E-state index in [9.17, 15) is 8.42 Å². The highest BCUT2D eigenvalue weighted by Crippen LogP contribution is 2.35. The molecule has 0 amide bonds. The summed E-state index contributed by atoms with van der Waals surface area (Å²) >= 11 is 0. The summed E-state index contributed by atoms with van der Waals surface area (Å²) in [6.45, 7) is 2.33. The Kier molecular flexibility index (Phi) is 4.73. The van der Waals surface area contributed by atoms with Crippen molar-refractivity contribution < 1.29 is 13.5 Å². The minimum Gasteiger partial charge on any atom is -0.396 e. The monoisotopic (exact) mass is 250 g/mol. The van der Waals surface area contributed by atoms with Crippen LogP contribution in [0.4, 0.5) is 0 Å². The van der Waals surface area contributed by atoms with Crippen molar-refractivity contribution >= 4 is 10.2 Å². The van der Waals surface area contributed by atoms with Gasteiger partial charge in [0, 0.05) is 33.3 Å². The van der Waals surface area contributed by atoms with Gasteiger partial charge in [0.15, 0.2) is 0 Å². The van der Waals surface area contributed by atoms with Gasteiger partial charge in [-0.25, -0.2) is 0 Å². The van der Waals surface area contributed by atoms with E-state index in [0.717, 1.165) is 12.8 Å². The molecule has 96 valence electrons. The van der Waals surface area contributed by atoms with Crippen molar-refractivity contribution in [2.75, 3.05) is 27.2 Å². The lowest BCUT2D eigenvalue weighted by molar-refractivity contribution is 0.268. The van der Waals surface area contributed by atoms with Crippen molar-refractivity contribution in [2.45, 2.75) is 32.2 Å². The second-order valence-electron chi connectivity index (χ2n) is 4.50. The Hall–Kier alpha value is -0.170. The molecule has 1 saturated carbocycles. The van der Waals surface area contributed by atoms with Gasteiger partial charge >= 0.3 is 0 Å². The van der Waals surface area contributed by atoms with Crippen LogP contribution < -0.4 is 0 Å². The molecule has 0 aromatic carbocycles. The number of aliphatic hydroxyl groups excluding tert-OH is 1. The molecule has 5 nitrogen and oxygen atoms in total. The highest BCUT2D eigenvalue weighted by molar-refractivity contribution is 7.86. The maximum atomic E-state index is 12.1. The molecule has 0 spiro atoms. The third-order valence-corrected chi connectivity index (χ3v) is 5.30. The first kappa shape index (κ1) is 13.9. The Balaban J connectivity index is 2.60. The molecule has 16 heavy (non-hydrogen) atoms. The Morgan fingerprint density at radius 2 is 1.94 bits per heavy atom. The normalized spacial score (nSPS) is 19.4. The van der Waals surface area contributed by atoms with Crippen LogP contribution in [-0.2, 0) is 10.2 Å². The van der Waals surface area contributed by atoms with Crippen LogP contribution in [0.5, 0.6) is 0 Å². The second kappa shape index (κ2) is 5.44. The molecule has 0 radical (unpaired) electrons. The molecule has 1 unspecified atom stereocenters. The van der Waals surface area contributed by atoms with E-state index in [1.54, 1.807) is 14.1 Å². The van der Waals surface area contributed by atoms with Crippen LogP contribution in [0.25, 0.3) is 0 Å². The van der Waals surface area contributed by atoms with Crippen LogP contribution in [0.1, 0.15) is 26.2 Å². The van der Waals surface area contributed by atoms with Gasteiger partial charge < -0.3 is 5.11 Å². The Bertz CT molecular complexity index is 314. The molecule has 0 bridgehead atoms. The topological polar surface area (TPSA) is 60.9 Å². The van der Waals surface area contributed by atoms with Crippen LogP contribution in [0.15, 0.2) is 0 Å². The van der Waals surface area contributed by atoms with E-state index in [-0.39, 0.29) is 12.6 Å². The summed E-state index contributed by atoms with van der Waals surface area (Å²) in [6, 6.07) is 0.0709. The van der Waals surface area contributed by atoms with Gasteiger partial charge in [0.05, 0.1) is 0 Å². The van der Waals surface area contributed by atoms with Gasteiger partial charge in [-0.1, -0.05) is 0 Å². The summed E-state index contributed by atoms with van der Waals surface area (Å²) in [4.78, 5) is 0. The lowest BCUT2D eigenvalue weighted by Crippen LogP contribution is -2.45. The summed E-state index contributed by atoms with van der Waals surface area (Å²) in [6.07, 6.45) is 2.73. The van der Waals surface area contributed by atoms with Gasteiger partial charge in [-0.05, 0) is 32.1 Å². The maximum absolute atomic E-state index is 12.1. The van der Waals surface area contributed by atoms with E-state index in [2.05, 4.69) is 0 Å². The molecule has 0 aromatic heterocycles. The van der Waals surface area contributed by atoms with E-state index in [0.29, 0.717) is 18.9 Å². The van der Waals surface area contributed by atoms with Gasteiger partial charge in [0.25, 0.3) is 10.2 Å². The molecule has 0 saturated heterocycles. The van der Waals surface area contributed by atoms with Crippen LogP contribution in [0.3, 0.4) is 0 Å². The number of hydrogen-bond donors (Lipinski definition) is 1. The lowest BCUT2D eigenvalue weighted by Gasteiger charge is -2.28.